The van der Waals surface area contributed by atoms with E-state index in [0.29, 0.717) is 12.8 Å². The number of fused-ring (bicyclic) bond motifs is 4. The van der Waals surface area contributed by atoms with E-state index in [9.17, 15) is 39.0 Å². The third-order valence-electron chi connectivity index (χ3n) is 11.5. The quantitative estimate of drug-likeness (QED) is 0.132. The molecule has 0 radical (unpaired) electrons. The average molecular weight is 642 g/mol. The molecule has 10 nitrogen and oxygen atoms in total. The first-order chi connectivity index (χ1) is 21.2. The molecule has 0 aromatic rings. The van der Waals surface area contributed by atoms with Crippen molar-refractivity contribution in [2.75, 3.05) is 0 Å². The first kappa shape index (κ1) is 33.1. The largest absolute Gasteiger partial charge is 0.481 e. The number of hydrogen-bond acceptors (Lipinski definition) is 8. The summed E-state index contributed by atoms with van der Waals surface area (Å²) in [6.45, 7) is 6.89. The van der Waals surface area contributed by atoms with Gasteiger partial charge in [-0.3, -0.25) is 38.9 Å². The van der Waals surface area contributed by atoms with Crippen LogP contribution in [0.1, 0.15) is 79.1 Å². The van der Waals surface area contributed by atoms with Crippen LogP contribution in [0, 0.1) is 45.8 Å². The highest BCUT2D eigenvalue weighted by molar-refractivity contribution is 6.56. The predicted molar refractivity (Wildman–Crippen MR) is 161 cm³/mol. The monoisotopic (exact) mass is 641 g/mol. The normalized spacial score (nSPS) is 40.5. The van der Waals surface area contributed by atoms with Crippen molar-refractivity contribution < 1.29 is 43.8 Å². The Labute approximate surface area is 266 Å². The summed E-state index contributed by atoms with van der Waals surface area (Å²) in [6.07, 6.45) is 7.80. The van der Waals surface area contributed by atoms with Crippen molar-refractivity contribution in [3.05, 3.63) is 34.9 Å². The molecule has 0 unspecified atom stereocenters. The molecule has 3 saturated carbocycles. The van der Waals surface area contributed by atoms with Crippen molar-refractivity contribution in [2.45, 2.75) is 84.7 Å². The Morgan fingerprint density at radius 2 is 1.69 bits per heavy atom. The Bertz CT molecular complexity index is 1510. The Morgan fingerprint density at radius 3 is 2.29 bits per heavy atom. The molecule has 0 aromatic carbocycles. The number of carboxylic acids is 1. The zero-order valence-electron chi connectivity index (χ0n) is 26.0. The highest BCUT2D eigenvalue weighted by Crippen LogP contribution is 2.87. The molecular weight excluding hydrogens is 602 g/mol. The molecule has 5 aliphatic rings. The van der Waals surface area contributed by atoms with E-state index in [0.717, 1.165) is 18.9 Å². The number of hydrogen-bond donors (Lipinski definition) is 3. The molecule has 4 aliphatic carbocycles. The van der Waals surface area contributed by atoms with Gasteiger partial charge in [0, 0.05) is 5.57 Å². The van der Waals surface area contributed by atoms with Gasteiger partial charge in [-0.25, -0.2) is 0 Å². The number of carbonyl (C=O) groups excluding carboxylic acids is 6. The molecule has 9 atom stereocenters. The van der Waals surface area contributed by atoms with E-state index >= 15 is 4.79 Å². The van der Waals surface area contributed by atoms with E-state index in [1.165, 1.54) is 18.2 Å². The highest BCUT2D eigenvalue weighted by Gasteiger charge is 3.05. The lowest BCUT2D eigenvalue weighted by Gasteiger charge is -2.39. The van der Waals surface area contributed by atoms with Crippen LogP contribution in [0.15, 0.2) is 34.9 Å². The summed E-state index contributed by atoms with van der Waals surface area (Å²) in [5, 5.41) is 23.8. The van der Waals surface area contributed by atoms with Gasteiger partial charge in [0.1, 0.15) is 16.4 Å². The number of Topliss-reactive ketones (excluding diaryl/α,β-unsaturated/α-hetero) is 3. The van der Waals surface area contributed by atoms with Gasteiger partial charge in [-0.1, -0.05) is 69.4 Å². The lowest BCUT2D eigenvalue weighted by molar-refractivity contribution is -0.155. The molecule has 1 spiro atoms. The van der Waals surface area contributed by atoms with Crippen LogP contribution in [0.2, 0.25) is 0 Å². The number of ketones is 4. The van der Waals surface area contributed by atoms with Gasteiger partial charge in [0.25, 0.3) is 0 Å². The molecule has 0 bridgehead atoms. The Hall–Kier alpha value is -3.24. The summed E-state index contributed by atoms with van der Waals surface area (Å²) < 4.78 is 0. The van der Waals surface area contributed by atoms with E-state index in [2.05, 4.69) is 5.32 Å². The van der Waals surface area contributed by atoms with Crippen LogP contribution in [-0.2, 0) is 33.6 Å². The number of amides is 2. The van der Waals surface area contributed by atoms with Crippen LogP contribution in [0.5, 0.6) is 0 Å². The summed E-state index contributed by atoms with van der Waals surface area (Å²) >= 11 is 6.47. The smallest absolute Gasteiger partial charge is 0.306 e. The second kappa shape index (κ2) is 11.2. The number of nitrogens with one attached hydrogen (secondary N) is 1. The predicted octanol–water partition coefficient (Wildman–Crippen LogP) is 3.64. The van der Waals surface area contributed by atoms with Gasteiger partial charge in [0.2, 0.25) is 11.8 Å². The minimum atomic E-state index is -2.52. The van der Waals surface area contributed by atoms with E-state index in [1.807, 2.05) is 6.92 Å². The van der Waals surface area contributed by atoms with E-state index in [1.54, 1.807) is 20.8 Å². The fourth-order valence-electron chi connectivity index (χ4n) is 9.91. The molecule has 242 valence electrons. The van der Waals surface area contributed by atoms with Gasteiger partial charge in [0.05, 0.1) is 22.3 Å². The molecule has 45 heavy (non-hydrogen) atoms. The van der Waals surface area contributed by atoms with Crippen LogP contribution in [0.3, 0.4) is 0 Å². The number of aliphatic carboxylic acids is 1. The maximum atomic E-state index is 15.4. The molecule has 0 aromatic heterocycles. The summed E-state index contributed by atoms with van der Waals surface area (Å²) in [6, 6.07) is 0. The fraction of sp³-hybridized carbons (Fsp3) is 0.618. The van der Waals surface area contributed by atoms with Gasteiger partial charge >= 0.3 is 5.97 Å². The van der Waals surface area contributed by atoms with Crippen LogP contribution >= 0.6 is 11.6 Å². The number of piperidine rings is 1. The van der Waals surface area contributed by atoms with Crippen molar-refractivity contribution in [1.29, 1.82) is 0 Å². The number of allylic oxidation sites excluding steroid dienone is 5. The fourth-order valence-corrected chi connectivity index (χ4v) is 10.2. The number of carboxylic acid groups (broad SMARTS) is 1. The van der Waals surface area contributed by atoms with Crippen LogP contribution in [-0.4, -0.2) is 56.7 Å². The second-order valence-electron chi connectivity index (χ2n) is 13.5. The van der Waals surface area contributed by atoms with Crippen molar-refractivity contribution >= 4 is 52.5 Å². The summed E-state index contributed by atoms with van der Waals surface area (Å²) in [4.78, 5) is 97.7. The van der Waals surface area contributed by atoms with Crippen molar-refractivity contribution in [3.8, 4) is 0 Å². The topological polar surface area (TPSA) is 172 Å². The molecule has 11 heteroatoms. The maximum Gasteiger partial charge on any atom is 0.306 e. The van der Waals surface area contributed by atoms with Gasteiger partial charge < -0.3 is 10.2 Å². The van der Waals surface area contributed by atoms with Crippen molar-refractivity contribution in [1.82, 2.24) is 5.32 Å². The van der Waals surface area contributed by atoms with E-state index in [4.69, 9.17) is 11.6 Å². The lowest BCUT2D eigenvalue weighted by Crippen LogP contribution is -2.54. The van der Waals surface area contributed by atoms with E-state index in [-0.39, 0.29) is 31.3 Å². The zero-order chi connectivity index (χ0) is 33.3. The average Bonchev–Trinajstić information content (AvgIpc) is 3.19. The molecule has 1 saturated heterocycles. The van der Waals surface area contributed by atoms with Gasteiger partial charge in [0.15, 0.2) is 23.1 Å². The van der Waals surface area contributed by atoms with Crippen LogP contribution in [0.25, 0.3) is 0 Å². The molecule has 1 aliphatic heterocycles. The first-order valence-corrected chi connectivity index (χ1v) is 16.2. The lowest BCUT2D eigenvalue weighted by atomic mass is 9.63. The molecule has 1 heterocycles. The Morgan fingerprint density at radius 1 is 1.00 bits per heavy atom. The number of aliphatic hydroxyl groups is 1. The Kier molecular flexibility index (Phi) is 8.27. The minimum absolute atomic E-state index is 0.0989. The molecule has 2 amide bonds. The molecule has 5 rings (SSSR count). The molecular formula is C34H40ClNO9. The summed E-state index contributed by atoms with van der Waals surface area (Å²) in [7, 11) is 0. The summed E-state index contributed by atoms with van der Waals surface area (Å²) in [5.41, 5.74) is -9.58. The van der Waals surface area contributed by atoms with Gasteiger partial charge in [-0.2, -0.15) is 0 Å². The first-order valence-electron chi connectivity index (χ1n) is 15.9. The second-order valence-corrected chi connectivity index (χ2v) is 13.9. The van der Waals surface area contributed by atoms with Crippen molar-refractivity contribution in [2.24, 2.45) is 45.8 Å². The number of imide groups is 1. The number of rotatable bonds is 11. The standard InChI is InChI=1S/C34H40ClNO9/c1-5-8-9-10-13-32-29(43)36-30(44)34(32,33(32)25(38)20(11-6-2)24(35)27(33)40)26(39)23-22-17(4)14-18(28(41)42)15-19(22)16-31(23,45)21(37)12-7-3/h6-7,11-12,17-19,22-23,45H,5,8-10,13-16H2,1-4H3,(H,41,42)(H,36,43,44)/b11-6+,12-7+/t17-,18+,19-,22+,23+,31-,32-,33-,34-/m0/s1. The minimum Gasteiger partial charge on any atom is -0.481 e. The maximum absolute atomic E-state index is 15.4. The zero-order valence-corrected chi connectivity index (χ0v) is 26.7. The summed E-state index contributed by atoms with van der Waals surface area (Å²) in [5.74, 6) is -10.8. The third kappa shape index (κ3) is 3.87. The molecule has 4 fully saturated rings. The third-order valence-corrected chi connectivity index (χ3v) is 11.9. The van der Waals surface area contributed by atoms with E-state index < -0.39 is 97.4 Å². The number of unbranched alkanes of at least 4 members (excludes halogenated alkanes) is 3. The van der Waals surface area contributed by atoms with Gasteiger partial charge in [-0.05, 0) is 63.4 Å². The van der Waals surface area contributed by atoms with Gasteiger partial charge in [-0.15, -0.1) is 0 Å². The van der Waals surface area contributed by atoms with Crippen LogP contribution in [0.4, 0.5) is 0 Å². The number of carbonyl (C=O) groups is 7. The van der Waals surface area contributed by atoms with Crippen molar-refractivity contribution in [3.63, 3.8) is 0 Å². The SMILES string of the molecule is C/C=C/C(=O)[C@@]1(O)C[C@@H]2C[C@H](C(=O)O)C[C@H](C)[C@H]2[C@@H]1C(=O)[C@]12C(=O)NC(=O)[C@@]1(CCCCCC)[C@]21C(=O)C(Cl)=C(/C=C/C)C1=O. The number of halogens is 1. The van der Waals surface area contributed by atoms with Crippen LogP contribution < -0.4 is 5.32 Å². The highest BCUT2D eigenvalue weighted by atomic mass is 35.5. The Balaban J connectivity index is 1.74. The molecule has 3 N–H and O–H groups in total.